The van der Waals surface area contributed by atoms with Crippen LogP contribution in [0.1, 0.15) is 0 Å². The summed E-state index contributed by atoms with van der Waals surface area (Å²) in [6.07, 6.45) is 3.79. The number of hydrogen-bond acceptors (Lipinski definition) is 2. The van der Waals surface area contributed by atoms with E-state index in [-0.39, 0.29) is 0 Å². The summed E-state index contributed by atoms with van der Waals surface area (Å²) in [6.45, 7) is 0. The molecule has 0 atom stereocenters. The lowest BCUT2D eigenvalue weighted by Gasteiger charge is -2.00. The standard InChI is InChI=1S/C16H11BrN4/c17-12-5-7-13(8-6-12)21-10-11(9-18-21)16-19-14-3-1-2-4-15(14)20-16/h1-10H,(H,19,20). The van der Waals surface area contributed by atoms with Gasteiger partial charge < -0.3 is 4.98 Å². The maximum Gasteiger partial charge on any atom is 0.141 e. The Balaban J connectivity index is 1.75. The Morgan fingerprint density at radius 2 is 1.81 bits per heavy atom. The first-order chi connectivity index (χ1) is 10.3. The topological polar surface area (TPSA) is 46.5 Å². The fourth-order valence-corrected chi connectivity index (χ4v) is 2.53. The van der Waals surface area contributed by atoms with Gasteiger partial charge in [-0.1, -0.05) is 28.1 Å². The van der Waals surface area contributed by atoms with Gasteiger partial charge in [-0.05, 0) is 36.4 Å². The summed E-state index contributed by atoms with van der Waals surface area (Å²) in [6, 6.07) is 16.0. The van der Waals surface area contributed by atoms with Gasteiger partial charge in [0.1, 0.15) is 5.82 Å². The van der Waals surface area contributed by atoms with Gasteiger partial charge in [0.25, 0.3) is 0 Å². The summed E-state index contributed by atoms with van der Waals surface area (Å²) >= 11 is 3.43. The zero-order chi connectivity index (χ0) is 14.2. The molecular weight excluding hydrogens is 328 g/mol. The van der Waals surface area contributed by atoms with Crippen molar-refractivity contribution in [2.45, 2.75) is 0 Å². The molecule has 21 heavy (non-hydrogen) atoms. The second-order valence-corrected chi connectivity index (χ2v) is 5.67. The molecule has 0 spiro atoms. The molecule has 2 aromatic heterocycles. The summed E-state index contributed by atoms with van der Waals surface area (Å²) in [5.74, 6) is 0.833. The van der Waals surface area contributed by atoms with Crippen molar-refractivity contribution < 1.29 is 0 Å². The smallest absolute Gasteiger partial charge is 0.141 e. The Morgan fingerprint density at radius 1 is 1.00 bits per heavy atom. The Labute approximate surface area is 129 Å². The van der Waals surface area contributed by atoms with E-state index in [2.05, 4.69) is 31.0 Å². The molecule has 5 heteroatoms. The van der Waals surface area contributed by atoms with Crippen molar-refractivity contribution in [2.75, 3.05) is 0 Å². The van der Waals surface area contributed by atoms with Crippen LogP contribution in [0.5, 0.6) is 0 Å². The van der Waals surface area contributed by atoms with Gasteiger partial charge in [-0.3, -0.25) is 0 Å². The predicted octanol–water partition coefficient (Wildman–Crippen LogP) is 4.18. The molecule has 1 N–H and O–H groups in total. The number of aromatic amines is 1. The van der Waals surface area contributed by atoms with Crippen LogP contribution in [0.25, 0.3) is 28.1 Å². The minimum Gasteiger partial charge on any atom is -0.338 e. The van der Waals surface area contributed by atoms with E-state index in [4.69, 9.17) is 0 Å². The second kappa shape index (κ2) is 4.86. The normalized spacial score (nSPS) is 11.1. The lowest BCUT2D eigenvalue weighted by Crippen LogP contribution is -1.92. The van der Waals surface area contributed by atoms with E-state index in [0.717, 1.165) is 32.6 Å². The molecule has 0 saturated carbocycles. The van der Waals surface area contributed by atoms with E-state index in [1.165, 1.54) is 0 Å². The Bertz CT molecular complexity index is 872. The highest BCUT2D eigenvalue weighted by Gasteiger charge is 2.08. The number of aromatic nitrogens is 4. The van der Waals surface area contributed by atoms with Crippen LogP contribution in [0.4, 0.5) is 0 Å². The van der Waals surface area contributed by atoms with E-state index in [1.807, 2.05) is 65.6 Å². The van der Waals surface area contributed by atoms with E-state index in [0.29, 0.717) is 0 Å². The van der Waals surface area contributed by atoms with Crippen molar-refractivity contribution in [1.29, 1.82) is 0 Å². The highest BCUT2D eigenvalue weighted by Crippen LogP contribution is 2.21. The van der Waals surface area contributed by atoms with Crippen molar-refractivity contribution in [3.05, 3.63) is 65.4 Å². The number of rotatable bonds is 2. The minimum atomic E-state index is 0.833. The Morgan fingerprint density at radius 3 is 2.62 bits per heavy atom. The third-order valence-corrected chi connectivity index (χ3v) is 3.87. The first-order valence-corrected chi connectivity index (χ1v) is 7.35. The van der Waals surface area contributed by atoms with Gasteiger partial charge in [-0.25, -0.2) is 9.67 Å². The monoisotopic (exact) mass is 338 g/mol. The summed E-state index contributed by atoms with van der Waals surface area (Å²) in [7, 11) is 0. The maximum absolute atomic E-state index is 4.59. The van der Waals surface area contributed by atoms with Crippen LogP contribution in [0.3, 0.4) is 0 Å². The van der Waals surface area contributed by atoms with Crippen LogP contribution in [-0.4, -0.2) is 19.7 Å². The molecule has 2 aromatic carbocycles. The number of hydrogen-bond donors (Lipinski definition) is 1. The van der Waals surface area contributed by atoms with Crippen LogP contribution in [0, 0.1) is 0 Å². The minimum absolute atomic E-state index is 0.833. The molecule has 2 heterocycles. The number of nitrogens with zero attached hydrogens (tertiary/aromatic N) is 3. The first kappa shape index (κ1) is 12.3. The number of halogens is 1. The highest BCUT2D eigenvalue weighted by molar-refractivity contribution is 9.10. The number of benzene rings is 2. The average molecular weight is 339 g/mol. The van der Waals surface area contributed by atoms with Crippen LogP contribution >= 0.6 is 15.9 Å². The zero-order valence-corrected chi connectivity index (χ0v) is 12.6. The number of nitrogens with one attached hydrogen (secondary N) is 1. The number of fused-ring (bicyclic) bond motifs is 1. The van der Waals surface area contributed by atoms with Gasteiger partial charge in [0.2, 0.25) is 0 Å². The molecular formula is C16H11BrN4. The number of para-hydroxylation sites is 2. The van der Waals surface area contributed by atoms with E-state index < -0.39 is 0 Å². The van der Waals surface area contributed by atoms with Crippen molar-refractivity contribution >= 4 is 27.0 Å². The summed E-state index contributed by atoms with van der Waals surface area (Å²) < 4.78 is 2.89. The van der Waals surface area contributed by atoms with Gasteiger partial charge in [0, 0.05) is 10.7 Å². The second-order valence-electron chi connectivity index (χ2n) is 4.75. The zero-order valence-electron chi connectivity index (χ0n) is 11.0. The van der Waals surface area contributed by atoms with Crippen molar-refractivity contribution in [3.8, 4) is 17.1 Å². The molecule has 102 valence electrons. The molecule has 4 aromatic rings. The Hall–Kier alpha value is -2.40. The van der Waals surface area contributed by atoms with Crippen LogP contribution in [-0.2, 0) is 0 Å². The van der Waals surface area contributed by atoms with Gasteiger partial charge in [0.05, 0.1) is 28.5 Å². The largest absolute Gasteiger partial charge is 0.338 e. The first-order valence-electron chi connectivity index (χ1n) is 6.55. The van der Waals surface area contributed by atoms with E-state index in [1.54, 1.807) is 0 Å². The lowest BCUT2D eigenvalue weighted by atomic mass is 10.3. The van der Waals surface area contributed by atoms with E-state index in [9.17, 15) is 0 Å². The molecule has 0 radical (unpaired) electrons. The number of imidazole rings is 1. The predicted molar refractivity (Wildman–Crippen MR) is 86.4 cm³/mol. The highest BCUT2D eigenvalue weighted by atomic mass is 79.9. The average Bonchev–Trinajstić information content (AvgIpc) is 3.14. The molecule has 0 unspecified atom stereocenters. The molecule has 0 aliphatic heterocycles. The molecule has 0 saturated heterocycles. The molecule has 4 nitrogen and oxygen atoms in total. The Kier molecular flexibility index (Phi) is 2.86. The molecule has 0 amide bonds. The maximum atomic E-state index is 4.59. The van der Waals surface area contributed by atoms with Crippen molar-refractivity contribution in [1.82, 2.24) is 19.7 Å². The van der Waals surface area contributed by atoms with Crippen LogP contribution in [0.2, 0.25) is 0 Å². The fourth-order valence-electron chi connectivity index (χ4n) is 2.27. The summed E-state index contributed by atoms with van der Waals surface area (Å²) in [5, 5.41) is 4.40. The molecule has 0 aliphatic rings. The van der Waals surface area contributed by atoms with Crippen molar-refractivity contribution in [2.24, 2.45) is 0 Å². The summed E-state index contributed by atoms with van der Waals surface area (Å²) in [4.78, 5) is 7.90. The third kappa shape index (κ3) is 2.25. The number of H-pyrrole nitrogens is 1. The van der Waals surface area contributed by atoms with Gasteiger partial charge in [0.15, 0.2) is 0 Å². The van der Waals surface area contributed by atoms with Gasteiger partial charge in [-0.2, -0.15) is 5.10 Å². The van der Waals surface area contributed by atoms with Gasteiger partial charge in [-0.15, -0.1) is 0 Å². The third-order valence-electron chi connectivity index (χ3n) is 3.34. The van der Waals surface area contributed by atoms with E-state index >= 15 is 0 Å². The molecule has 0 bridgehead atoms. The molecule has 0 fully saturated rings. The quantitative estimate of drug-likeness (QED) is 0.596. The molecule has 0 aliphatic carbocycles. The molecule has 4 rings (SSSR count). The summed E-state index contributed by atoms with van der Waals surface area (Å²) in [5.41, 5.74) is 3.97. The fraction of sp³-hybridized carbons (Fsp3) is 0. The van der Waals surface area contributed by atoms with Crippen molar-refractivity contribution in [3.63, 3.8) is 0 Å². The lowest BCUT2D eigenvalue weighted by molar-refractivity contribution is 0.880. The van der Waals surface area contributed by atoms with Crippen LogP contribution in [0.15, 0.2) is 65.4 Å². The van der Waals surface area contributed by atoms with Gasteiger partial charge >= 0.3 is 0 Å². The SMILES string of the molecule is Brc1ccc(-n2cc(-c3nc4ccccc4[nH]3)cn2)cc1. The van der Waals surface area contributed by atoms with Crippen LogP contribution < -0.4 is 0 Å².